The second kappa shape index (κ2) is 7.69. The first-order valence-corrected chi connectivity index (χ1v) is 4.17. The molecule has 0 heterocycles. The number of ether oxygens (including phenoxy) is 3. The summed E-state index contributed by atoms with van der Waals surface area (Å²) in [5.41, 5.74) is 0. The van der Waals surface area contributed by atoms with Gasteiger partial charge in [-0.1, -0.05) is 0 Å². The summed E-state index contributed by atoms with van der Waals surface area (Å²) in [6.45, 7) is -0.0276. The third-order valence-electron chi connectivity index (χ3n) is 1.72. The van der Waals surface area contributed by atoms with Gasteiger partial charge in [-0.05, 0) is 0 Å². The highest BCUT2D eigenvalue weighted by Crippen LogP contribution is 1.91. The standard InChI is InChI=1S/C8H17NO5/c1-12-7(13-2)4-9-6(5-10)8(11)14-3/h6-7,9-10H,4-5H2,1-3H3/t6-/m0/s1. The molecule has 1 atom stereocenters. The van der Waals surface area contributed by atoms with Gasteiger partial charge in [0.25, 0.3) is 0 Å². The Morgan fingerprint density at radius 2 is 1.93 bits per heavy atom. The van der Waals surface area contributed by atoms with Crippen molar-refractivity contribution in [1.29, 1.82) is 0 Å². The highest BCUT2D eigenvalue weighted by molar-refractivity contribution is 5.75. The van der Waals surface area contributed by atoms with Crippen LogP contribution in [0.3, 0.4) is 0 Å². The van der Waals surface area contributed by atoms with E-state index in [1.165, 1.54) is 21.3 Å². The first-order chi connectivity index (χ1) is 6.69. The van der Waals surface area contributed by atoms with E-state index in [1.807, 2.05) is 0 Å². The van der Waals surface area contributed by atoms with Gasteiger partial charge in [0.2, 0.25) is 0 Å². The molecule has 0 aromatic rings. The van der Waals surface area contributed by atoms with Crippen LogP contribution in [-0.4, -0.2) is 57.9 Å². The van der Waals surface area contributed by atoms with Crippen LogP contribution < -0.4 is 5.32 Å². The predicted molar refractivity (Wildman–Crippen MR) is 48.7 cm³/mol. The van der Waals surface area contributed by atoms with Crippen molar-refractivity contribution in [2.24, 2.45) is 0 Å². The van der Waals surface area contributed by atoms with Gasteiger partial charge in [-0.25, -0.2) is 0 Å². The van der Waals surface area contributed by atoms with Crippen LogP contribution in [0.15, 0.2) is 0 Å². The Bertz CT molecular complexity index is 160. The average molecular weight is 207 g/mol. The van der Waals surface area contributed by atoms with Gasteiger partial charge in [-0.3, -0.25) is 10.1 Å². The van der Waals surface area contributed by atoms with Crippen molar-refractivity contribution < 1.29 is 24.1 Å². The summed E-state index contributed by atoms with van der Waals surface area (Å²) in [7, 11) is 4.24. The van der Waals surface area contributed by atoms with Crippen LogP contribution in [0.4, 0.5) is 0 Å². The van der Waals surface area contributed by atoms with Crippen molar-refractivity contribution in [3.8, 4) is 0 Å². The Balaban J connectivity index is 3.88. The van der Waals surface area contributed by atoms with Crippen LogP contribution in [0, 0.1) is 0 Å². The number of hydrogen-bond acceptors (Lipinski definition) is 6. The zero-order valence-corrected chi connectivity index (χ0v) is 8.65. The first-order valence-electron chi connectivity index (χ1n) is 4.17. The Hall–Kier alpha value is -0.690. The van der Waals surface area contributed by atoms with Crippen LogP contribution in [0.25, 0.3) is 0 Å². The van der Waals surface area contributed by atoms with Crippen molar-refractivity contribution in [3.05, 3.63) is 0 Å². The summed E-state index contributed by atoms with van der Waals surface area (Å²) in [5, 5.41) is 11.6. The highest BCUT2D eigenvalue weighted by Gasteiger charge is 2.18. The summed E-state index contributed by atoms with van der Waals surface area (Å²) >= 11 is 0. The van der Waals surface area contributed by atoms with Gasteiger partial charge < -0.3 is 19.3 Å². The topological polar surface area (TPSA) is 77.0 Å². The van der Waals surface area contributed by atoms with E-state index in [0.29, 0.717) is 6.54 Å². The molecule has 0 spiro atoms. The number of methoxy groups -OCH3 is 3. The normalized spacial score (nSPS) is 12.9. The molecule has 0 aliphatic rings. The molecule has 14 heavy (non-hydrogen) atoms. The lowest BCUT2D eigenvalue weighted by atomic mass is 10.3. The van der Waals surface area contributed by atoms with Crippen LogP contribution in [0.5, 0.6) is 0 Å². The molecule has 0 radical (unpaired) electrons. The molecule has 2 N–H and O–H groups in total. The molecule has 0 rings (SSSR count). The van der Waals surface area contributed by atoms with E-state index in [-0.39, 0.29) is 6.61 Å². The molecular weight excluding hydrogens is 190 g/mol. The van der Waals surface area contributed by atoms with Crippen LogP contribution in [0.2, 0.25) is 0 Å². The maximum Gasteiger partial charge on any atom is 0.325 e. The van der Waals surface area contributed by atoms with Crippen LogP contribution >= 0.6 is 0 Å². The van der Waals surface area contributed by atoms with E-state index < -0.39 is 18.3 Å². The molecule has 0 aliphatic heterocycles. The number of esters is 1. The SMILES string of the molecule is COC(=O)[C@H](CO)NCC(OC)OC. The van der Waals surface area contributed by atoms with E-state index in [1.54, 1.807) is 0 Å². The number of rotatable bonds is 7. The molecule has 6 heteroatoms. The Labute approximate surface area is 83.1 Å². The summed E-state index contributed by atoms with van der Waals surface area (Å²) < 4.78 is 14.2. The maximum absolute atomic E-state index is 11.0. The summed E-state index contributed by atoms with van der Waals surface area (Å²) in [4.78, 5) is 11.0. The molecule has 0 fully saturated rings. The minimum Gasteiger partial charge on any atom is -0.468 e. The Morgan fingerprint density at radius 3 is 2.29 bits per heavy atom. The summed E-state index contributed by atoms with van der Waals surface area (Å²) in [6, 6.07) is -0.743. The lowest BCUT2D eigenvalue weighted by Crippen LogP contribution is -2.44. The fourth-order valence-electron chi connectivity index (χ4n) is 0.866. The average Bonchev–Trinajstić information content (AvgIpc) is 2.24. The molecular formula is C8H17NO5. The minimum absolute atomic E-state index is 0.299. The second-order valence-electron chi connectivity index (χ2n) is 2.57. The lowest BCUT2D eigenvalue weighted by Gasteiger charge is -2.18. The van der Waals surface area contributed by atoms with E-state index in [2.05, 4.69) is 10.1 Å². The molecule has 0 aliphatic carbocycles. The Kier molecular flexibility index (Phi) is 7.31. The number of aliphatic hydroxyl groups is 1. The fourth-order valence-corrected chi connectivity index (χ4v) is 0.866. The predicted octanol–water partition coefficient (Wildman–Crippen LogP) is -1.27. The number of carbonyl (C=O) groups excluding carboxylic acids is 1. The highest BCUT2D eigenvalue weighted by atomic mass is 16.7. The quantitative estimate of drug-likeness (QED) is 0.400. The van der Waals surface area contributed by atoms with Gasteiger partial charge in [-0.2, -0.15) is 0 Å². The number of aliphatic hydroxyl groups excluding tert-OH is 1. The maximum atomic E-state index is 11.0. The second-order valence-corrected chi connectivity index (χ2v) is 2.57. The van der Waals surface area contributed by atoms with Crippen LogP contribution in [0.1, 0.15) is 0 Å². The Morgan fingerprint density at radius 1 is 1.36 bits per heavy atom. The third kappa shape index (κ3) is 4.52. The van der Waals surface area contributed by atoms with Gasteiger partial charge in [-0.15, -0.1) is 0 Å². The molecule has 0 aromatic heterocycles. The number of carbonyl (C=O) groups is 1. The van der Waals surface area contributed by atoms with E-state index in [9.17, 15) is 4.79 Å². The molecule has 0 unspecified atom stereocenters. The van der Waals surface area contributed by atoms with Crippen molar-refractivity contribution in [2.45, 2.75) is 12.3 Å². The molecule has 0 amide bonds. The number of nitrogens with one attached hydrogen (secondary N) is 1. The molecule has 0 bridgehead atoms. The smallest absolute Gasteiger partial charge is 0.325 e. The zero-order chi connectivity index (χ0) is 11.0. The van der Waals surface area contributed by atoms with Crippen molar-refractivity contribution in [1.82, 2.24) is 5.32 Å². The largest absolute Gasteiger partial charge is 0.468 e. The summed E-state index contributed by atoms with van der Waals surface area (Å²) in [6.07, 6.45) is -0.450. The van der Waals surface area contributed by atoms with Crippen molar-refractivity contribution in [3.63, 3.8) is 0 Å². The zero-order valence-electron chi connectivity index (χ0n) is 8.65. The summed E-state index contributed by atoms with van der Waals surface area (Å²) in [5.74, 6) is -0.515. The van der Waals surface area contributed by atoms with E-state index in [4.69, 9.17) is 14.6 Å². The van der Waals surface area contributed by atoms with Gasteiger partial charge >= 0.3 is 5.97 Å². The van der Waals surface area contributed by atoms with Crippen molar-refractivity contribution in [2.75, 3.05) is 34.5 Å². The van der Waals surface area contributed by atoms with E-state index >= 15 is 0 Å². The molecule has 6 nitrogen and oxygen atoms in total. The lowest BCUT2D eigenvalue weighted by molar-refractivity contribution is -0.145. The molecule has 0 saturated heterocycles. The molecule has 0 saturated carbocycles. The monoisotopic (exact) mass is 207 g/mol. The van der Waals surface area contributed by atoms with E-state index in [0.717, 1.165) is 0 Å². The third-order valence-corrected chi connectivity index (χ3v) is 1.72. The van der Waals surface area contributed by atoms with Gasteiger partial charge in [0.15, 0.2) is 6.29 Å². The van der Waals surface area contributed by atoms with Gasteiger partial charge in [0, 0.05) is 20.8 Å². The minimum atomic E-state index is -0.743. The molecule has 84 valence electrons. The fraction of sp³-hybridized carbons (Fsp3) is 0.875. The van der Waals surface area contributed by atoms with Gasteiger partial charge in [0.1, 0.15) is 6.04 Å². The first kappa shape index (κ1) is 13.3. The van der Waals surface area contributed by atoms with Gasteiger partial charge in [0.05, 0.1) is 13.7 Å². The van der Waals surface area contributed by atoms with Crippen LogP contribution in [-0.2, 0) is 19.0 Å². The molecule has 0 aromatic carbocycles. The van der Waals surface area contributed by atoms with Crippen molar-refractivity contribution >= 4 is 5.97 Å². The number of hydrogen-bond donors (Lipinski definition) is 2.